The summed E-state index contributed by atoms with van der Waals surface area (Å²) in [7, 11) is 0. The number of carbonyl (C=O) groups is 2. The second kappa shape index (κ2) is 5.26. The molecule has 1 aliphatic rings. The van der Waals surface area contributed by atoms with Gasteiger partial charge in [0, 0.05) is 12.6 Å². The van der Waals surface area contributed by atoms with Gasteiger partial charge in [-0.1, -0.05) is 0 Å². The summed E-state index contributed by atoms with van der Waals surface area (Å²) in [5, 5.41) is 7.68. The fourth-order valence-electron chi connectivity index (χ4n) is 2.68. The van der Waals surface area contributed by atoms with Crippen LogP contribution in [-0.4, -0.2) is 39.1 Å². The Kier molecular flexibility index (Phi) is 3.83. The molecule has 2 amide bonds. The van der Waals surface area contributed by atoms with Gasteiger partial charge in [-0.05, 0) is 34.6 Å². The molecular weight excluding hydrogens is 256 g/mol. The molecule has 2 rings (SSSR count). The van der Waals surface area contributed by atoms with Crippen molar-refractivity contribution in [3.05, 3.63) is 11.4 Å². The summed E-state index contributed by atoms with van der Waals surface area (Å²) in [6.07, 6.45) is 0.221. The Labute approximate surface area is 119 Å². The highest BCUT2D eigenvalue weighted by Crippen LogP contribution is 2.25. The number of aromatic nitrogens is 2. The molecule has 6 nitrogen and oxygen atoms in total. The van der Waals surface area contributed by atoms with Crippen LogP contribution in [0.2, 0.25) is 0 Å². The topological polar surface area (TPSA) is 67.2 Å². The van der Waals surface area contributed by atoms with E-state index in [1.165, 1.54) is 4.90 Å². The quantitative estimate of drug-likeness (QED) is 0.850. The predicted molar refractivity (Wildman–Crippen MR) is 76.5 cm³/mol. The van der Waals surface area contributed by atoms with Crippen LogP contribution in [0.3, 0.4) is 0 Å². The first kappa shape index (κ1) is 14.6. The highest BCUT2D eigenvalue weighted by Gasteiger charge is 2.38. The number of nitrogens with zero attached hydrogens (tertiary/aromatic N) is 3. The zero-order chi connectivity index (χ0) is 15.0. The normalized spacial score (nSPS) is 19.3. The summed E-state index contributed by atoms with van der Waals surface area (Å²) < 4.78 is 1.93. The van der Waals surface area contributed by atoms with E-state index in [1.807, 2.05) is 25.5 Å². The Bertz CT molecular complexity index is 548. The first-order chi connectivity index (χ1) is 9.36. The molecule has 0 bridgehead atoms. The molecule has 0 aromatic carbocycles. The van der Waals surface area contributed by atoms with Crippen LogP contribution in [0.4, 0.5) is 5.69 Å². The maximum absolute atomic E-state index is 12.1. The van der Waals surface area contributed by atoms with Crippen LogP contribution in [-0.2, 0) is 9.59 Å². The van der Waals surface area contributed by atoms with Gasteiger partial charge in [0.1, 0.15) is 6.04 Å². The maximum atomic E-state index is 12.1. The number of anilines is 1. The van der Waals surface area contributed by atoms with Gasteiger partial charge >= 0.3 is 0 Å². The largest absolute Gasteiger partial charge is 0.370 e. The van der Waals surface area contributed by atoms with E-state index in [4.69, 9.17) is 0 Å². The predicted octanol–water partition coefficient (Wildman–Crippen LogP) is 1.64. The minimum absolute atomic E-state index is 0.110. The number of likely N-dealkylation sites (tertiary alicyclic amines) is 1. The highest BCUT2D eigenvalue weighted by molar-refractivity contribution is 6.06. The first-order valence-electron chi connectivity index (χ1n) is 7.03. The van der Waals surface area contributed by atoms with Gasteiger partial charge in [-0.15, -0.1) is 0 Å². The summed E-state index contributed by atoms with van der Waals surface area (Å²) >= 11 is 0. The van der Waals surface area contributed by atoms with Crippen molar-refractivity contribution in [2.45, 2.75) is 53.1 Å². The van der Waals surface area contributed by atoms with Crippen molar-refractivity contribution in [1.29, 1.82) is 0 Å². The van der Waals surface area contributed by atoms with Gasteiger partial charge in [0.2, 0.25) is 5.91 Å². The standard InChI is InChI=1S/C14H22N4O2/c1-6-17-12(19)7-11(14(17)20)15-13-9(4)16-18(8(2)3)10(13)5/h8,11,15H,6-7H2,1-5H3. The number of hydrogen-bond donors (Lipinski definition) is 1. The molecule has 1 N–H and O–H groups in total. The van der Waals surface area contributed by atoms with E-state index in [0.717, 1.165) is 17.1 Å². The van der Waals surface area contributed by atoms with Crippen LogP contribution in [0.15, 0.2) is 0 Å². The summed E-state index contributed by atoms with van der Waals surface area (Å²) in [6.45, 7) is 10.2. The lowest BCUT2D eigenvalue weighted by atomic mass is 10.2. The number of nitrogens with one attached hydrogen (secondary N) is 1. The van der Waals surface area contributed by atoms with Gasteiger partial charge in [0.15, 0.2) is 0 Å². The average molecular weight is 278 g/mol. The molecule has 0 radical (unpaired) electrons. The number of aryl methyl sites for hydroxylation is 1. The van der Waals surface area contributed by atoms with E-state index in [9.17, 15) is 9.59 Å². The third kappa shape index (κ3) is 2.30. The molecule has 1 aromatic heterocycles. The van der Waals surface area contributed by atoms with E-state index >= 15 is 0 Å². The Balaban J connectivity index is 2.24. The fraction of sp³-hybridized carbons (Fsp3) is 0.643. The summed E-state index contributed by atoms with van der Waals surface area (Å²) in [5.74, 6) is -0.254. The van der Waals surface area contributed by atoms with Crippen molar-refractivity contribution < 1.29 is 9.59 Å². The molecule has 20 heavy (non-hydrogen) atoms. The smallest absolute Gasteiger partial charge is 0.252 e. The maximum Gasteiger partial charge on any atom is 0.252 e. The third-order valence-electron chi connectivity index (χ3n) is 3.69. The summed E-state index contributed by atoms with van der Waals surface area (Å²) in [4.78, 5) is 25.2. The molecule has 0 spiro atoms. The van der Waals surface area contributed by atoms with Crippen molar-refractivity contribution in [2.24, 2.45) is 0 Å². The second-order valence-corrected chi connectivity index (χ2v) is 5.46. The van der Waals surface area contributed by atoms with Gasteiger partial charge in [-0.25, -0.2) is 0 Å². The van der Waals surface area contributed by atoms with Crippen LogP contribution in [0.5, 0.6) is 0 Å². The number of amides is 2. The van der Waals surface area contributed by atoms with E-state index in [1.54, 1.807) is 0 Å². The van der Waals surface area contributed by atoms with Crippen molar-refractivity contribution in [1.82, 2.24) is 14.7 Å². The zero-order valence-electron chi connectivity index (χ0n) is 12.7. The molecule has 6 heteroatoms. The van der Waals surface area contributed by atoms with Gasteiger partial charge in [-0.3, -0.25) is 19.2 Å². The molecule has 1 unspecified atom stereocenters. The number of imide groups is 1. The molecule has 1 atom stereocenters. The minimum Gasteiger partial charge on any atom is -0.370 e. The number of hydrogen-bond acceptors (Lipinski definition) is 4. The molecule has 2 heterocycles. The van der Waals surface area contributed by atoms with Crippen molar-refractivity contribution in [3.63, 3.8) is 0 Å². The lowest BCUT2D eigenvalue weighted by Crippen LogP contribution is -2.34. The number of likely N-dealkylation sites (N-methyl/N-ethyl adjacent to an activating group) is 1. The molecule has 0 saturated carbocycles. The Morgan fingerprint density at radius 2 is 2.00 bits per heavy atom. The monoisotopic (exact) mass is 278 g/mol. The second-order valence-electron chi connectivity index (χ2n) is 5.46. The van der Waals surface area contributed by atoms with Crippen LogP contribution < -0.4 is 5.32 Å². The average Bonchev–Trinajstić information content (AvgIpc) is 2.80. The lowest BCUT2D eigenvalue weighted by molar-refractivity contribution is -0.138. The number of carbonyl (C=O) groups excluding carboxylic acids is 2. The summed E-state index contributed by atoms with van der Waals surface area (Å²) in [6, 6.07) is -0.207. The van der Waals surface area contributed by atoms with Crippen LogP contribution >= 0.6 is 0 Å². The van der Waals surface area contributed by atoms with Gasteiger partial charge < -0.3 is 5.32 Å². The van der Waals surface area contributed by atoms with E-state index in [2.05, 4.69) is 24.3 Å². The molecule has 1 fully saturated rings. The van der Waals surface area contributed by atoms with Crippen LogP contribution in [0.1, 0.15) is 44.6 Å². The van der Waals surface area contributed by atoms with Crippen LogP contribution in [0.25, 0.3) is 0 Å². The van der Waals surface area contributed by atoms with E-state index in [0.29, 0.717) is 6.54 Å². The highest BCUT2D eigenvalue weighted by atomic mass is 16.2. The fourth-order valence-corrected chi connectivity index (χ4v) is 2.68. The molecular formula is C14H22N4O2. The first-order valence-corrected chi connectivity index (χ1v) is 7.03. The Hall–Kier alpha value is -1.85. The summed E-state index contributed by atoms with van der Waals surface area (Å²) in [5.41, 5.74) is 2.71. The molecule has 1 aliphatic heterocycles. The minimum atomic E-state index is -0.468. The SMILES string of the molecule is CCN1C(=O)CC(Nc2c(C)nn(C(C)C)c2C)C1=O. The lowest BCUT2D eigenvalue weighted by Gasteiger charge is -2.15. The Morgan fingerprint density at radius 1 is 1.35 bits per heavy atom. The van der Waals surface area contributed by atoms with Crippen molar-refractivity contribution in [3.8, 4) is 0 Å². The van der Waals surface area contributed by atoms with E-state index in [-0.39, 0.29) is 24.3 Å². The van der Waals surface area contributed by atoms with Crippen molar-refractivity contribution in [2.75, 3.05) is 11.9 Å². The molecule has 110 valence electrons. The molecule has 1 saturated heterocycles. The van der Waals surface area contributed by atoms with Crippen molar-refractivity contribution >= 4 is 17.5 Å². The van der Waals surface area contributed by atoms with Gasteiger partial charge in [-0.2, -0.15) is 5.10 Å². The molecule has 0 aliphatic carbocycles. The van der Waals surface area contributed by atoms with Crippen LogP contribution in [0, 0.1) is 13.8 Å². The van der Waals surface area contributed by atoms with Gasteiger partial charge in [0.05, 0.1) is 23.5 Å². The third-order valence-corrected chi connectivity index (χ3v) is 3.69. The Morgan fingerprint density at radius 3 is 2.45 bits per heavy atom. The number of rotatable bonds is 4. The van der Waals surface area contributed by atoms with E-state index < -0.39 is 6.04 Å². The zero-order valence-corrected chi connectivity index (χ0v) is 12.7. The molecule has 1 aromatic rings. The van der Waals surface area contributed by atoms with Gasteiger partial charge in [0.25, 0.3) is 5.91 Å².